The Morgan fingerprint density at radius 3 is 2.06 bits per heavy atom. The van der Waals surface area contributed by atoms with E-state index in [1.807, 2.05) is 36.4 Å². The molecular weight excluding hydrogens is 208 g/mol. The van der Waals surface area contributed by atoms with E-state index in [9.17, 15) is 4.79 Å². The van der Waals surface area contributed by atoms with Gasteiger partial charge in [0.15, 0.2) is 0 Å². The summed E-state index contributed by atoms with van der Waals surface area (Å²) in [5.74, 6) is 0.288. The second kappa shape index (κ2) is 6.00. The maximum absolute atomic E-state index is 10.8. The molecule has 1 heteroatoms. The van der Waals surface area contributed by atoms with E-state index in [0.29, 0.717) is 6.42 Å². The molecule has 0 aliphatic carbocycles. The Hall–Kier alpha value is -1.89. The van der Waals surface area contributed by atoms with E-state index in [2.05, 4.69) is 24.3 Å². The lowest BCUT2D eigenvalue weighted by atomic mass is 9.90. The van der Waals surface area contributed by atoms with Gasteiger partial charge >= 0.3 is 0 Å². The average molecular weight is 224 g/mol. The van der Waals surface area contributed by atoms with Crippen LogP contribution in [0.5, 0.6) is 0 Å². The summed E-state index contributed by atoms with van der Waals surface area (Å²) in [5.41, 5.74) is 2.52. The smallest absolute Gasteiger partial charge is 0.120 e. The number of carbonyl (C=O) groups excluding carboxylic acids is 1. The van der Waals surface area contributed by atoms with Gasteiger partial charge < -0.3 is 4.79 Å². The van der Waals surface area contributed by atoms with Crippen molar-refractivity contribution in [3.63, 3.8) is 0 Å². The van der Waals surface area contributed by atoms with Gasteiger partial charge in [-0.1, -0.05) is 60.7 Å². The van der Waals surface area contributed by atoms with Crippen molar-refractivity contribution in [1.82, 2.24) is 0 Å². The van der Waals surface area contributed by atoms with E-state index < -0.39 is 0 Å². The van der Waals surface area contributed by atoms with Crippen molar-refractivity contribution in [3.8, 4) is 0 Å². The van der Waals surface area contributed by atoms with Crippen LogP contribution in [0.15, 0.2) is 60.7 Å². The molecule has 0 unspecified atom stereocenters. The van der Waals surface area contributed by atoms with Crippen molar-refractivity contribution in [2.45, 2.75) is 18.8 Å². The normalized spacial score (nSPS) is 12.0. The molecule has 0 fully saturated rings. The highest BCUT2D eigenvalue weighted by Crippen LogP contribution is 2.23. The lowest BCUT2D eigenvalue weighted by molar-refractivity contribution is -0.108. The van der Waals surface area contributed by atoms with Gasteiger partial charge in [-0.2, -0.15) is 0 Å². The molecule has 0 spiro atoms. The van der Waals surface area contributed by atoms with Crippen LogP contribution < -0.4 is 0 Å². The Kier molecular flexibility index (Phi) is 4.09. The van der Waals surface area contributed by atoms with Crippen molar-refractivity contribution in [2.24, 2.45) is 0 Å². The number of carbonyl (C=O) groups is 1. The first-order chi connectivity index (χ1) is 8.40. The molecule has 0 saturated heterocycles. The molecule has 2 aromatic rings. The Balaban J connectivity index is 2.16. The molecule has 2 aromatic carbocycles. The molecule has 0 aliphatic rings. The summed E-state index contributed by atoms with van der Waals surface area (Å²) >= 11 is 0. The highest BCUT2D eigenvalue weighted by molar-refractivity contribution is 5.52. The maximum Gasteiger partial charge on any atom is 0.120 e. The fourth-order valence-electron chi connectivity index (χ4n) is 2.08. The van der Waals surface area contributed by atoms with Crippen molar-refractivity contribution < 1.29 is 4.79 Å². The van der Waals surface area contributed by atoms with Gasteiger partial charge in [-0.3, -0.25) is 0 Å². The second-order valence-electron chi connectivity index (χ2n) is 4.20. The van der Waals surface area contributed by atoms with Crippen LogP contribution in [0.1, 0.15) is 23.5 Å². The lowest BCUT2D eigenvalue weighted by Gasteiger charge is -2.14. The monoisotopic (exact) mass is 224 g/mol. The van der Waals surface area contributed by atoms with E-state index in [0.717, 1.165) is 12.7 Å². The molecule has 0 amide bonds. The highest BCUT2D eigenvalue weighted by atomic mass is 16.1. The van der Waals surface area contributed by atoms with Gasteiger partial charge in [0.05, 0.1) is 0 Å². The number of hydrogen-bond donors (Lipinski definition) is 0. The summed E-state index contributed by atoms with van der Waals surface area (Å²) in [6, 6.07) is 20.6. The molecule has 0 N–H and O–H groups in total. The molecule has 0 aromatic heterocycles. The van der Waals surface area contributed by atoms with Gasteiger partial charge in [-0.15, -0.1) is 0 Å². The lowest BCUT2D eigenvalue weighted by Crippen LogP contribution is -2.03. The summed E-state index contributed by atoms with van der Waals surface area (Å²) in [6.45, 7) is 0. The van der Waals surface area contributed by atoms with E-state index in [4.69, 9.17) is 0 Å². The van der Waals surface area contributed by atoms with Crippen LogP contribution in [0.25, 0.3) is 0 Å². The summed E-state index contributed by atoms with van der Waals surface area (Å²) in [5, 5.41) is 0. The Bertz CT molecular complexity index is 447. The van der Waals surface area contributed by atoms with Crippen molar-refractivity contribution >= 4 is 6.29 Å². The van der Waals surface area contributed by atoms with Gasteiger partial charge in [0.1, 0.15) is 6.29 Å². The van der Waals surface area contributed by atoms with E-state index in [-0.39, 0.29) is 5.92 Å². The van der Waals surface area contributed by atoms with Crippen molar-refractivity contribution in [3.05, 3.63) is 71.8 Å². The molecule has 0 aliphatic heterocycles. The molecule has 17 heavy (non-hydrogen) atoms. The number of benzene rings is 2. The molecule has 0 bridgehead atoms. The molecular formula is C16H16O. The number of aldehydes is 1. The van der Waals surface area contributed by atoms with Crippen LogP contribution in [0.3, 0.4) is 0 Å². The molecule has 1 atom stereocenters. The highest BCUT2D eigenvalue weighted by Gasteiger charge is 2.11. The van der Waals surface area contributed by atoms with Gasteiger partial charge in [0, 0.05) is 6.42 Å². The summed E-state index contributed by atoms with van der Waals surface area (Å²) in [7, 11) is 0. The minimum absolute atomic E-state index is 0.288. The average Bonchev–Trinajstić information content (AvgIpc) is 2.40. The Morgan fingerprint density at radius 2 is 1.47 bits per heavy atom. The minimum atomic E-state index is 0.288. The molecule has 2 rings (SSSR count). The third-order valence-electron chi connectivity index (χ3n) is 2.98. The van der Waals surface area contributed by atoms with Crippen LogP contribution in [0.2, 0.25) is 0 Å². The first-order valence-electron chi connectivity index (χ1n) is 5.92. The van der Waals surface area contributed by atoms with E-state index in [1.54, 1.807) is 0 Å². The van der Waals surface area contributed by atoms with Crippen LogP contribution >= 0.6 is 0 Å². The van der Waals surface area contributed by atoms with Gasteiger partial charge in [-0.05, 0) is 23.5 Å². The topological polar surface area (TPSA) is 17.1 Å². The standard InChI is InChI=1S/C16H16O/c17-12-11-16(15-9-5-2-6-10-15)13-14-7-3-1-4-8-14/h1-10,12,16H,11,13H2/t16-/m1/s1. The number of rotatable bonds is 5. The predicted molar refractivity (Wildman–Crippen MR) is 70.0 cm³/mol. The van der Waals surface area contributed by atoms with Crippen molar-refractivity contribution in [1.29, 1.82) is 0 Å². The quantitative estimate of drug-likeness (QED) is 0.709. The third-order valence-corrected chi connectivity index (χ3v) is 2.98. The fourth-order valence-corrected chi connectivity index (χ4v) is 2.08. The zero-order chi connectivity index (χ0) is 11.9. The molecule has 0 saturated carbocycles. The van der Waals surface area contributed by atoms with Gasteiger partial charge in [-0.25, -0.2) is 0 Å². The molecule has 0 heterocycles. The van der Waals surface area contributed by atoms with Gasteiger partial charge in [0.2, 0.25) is 0 Å². The summed E-state index contributed by atoms with van der Waals surface area (Å²) < 4.78 is 0. The van der Waals surface area contributed by atoms with Gasteiger partial charge in [0.25, 0.3) is 0 Å². The fraction of sp³-hybridized carbons (Fsp3) is 0.188. The van der Waals surface area contributed by atoms with Crippen LogP contribution in [-0.4, -0.2) is 6.29 Å². The summed E-state index contributed by atoms with van der Waals surface area (Å²) in [4.78, 5) is 10.8. The zero-order valence-electron chi connectivity index (χ0n) is 9.75. The Labute approximate surface area is 102 Å². The third kappa shape index (κ3) is 3.28. The van der Waals surface area contributed by atoms with Crippen LogP contribution in [0, 0.1) is 0 Å². The van der Waals surface area contributed by atoms with E-state index in [1.165, 1.54) is 11.1 Å². The molecule has 0 radical (unpaired) electrons. The Morgan fingerprint density at radius 1 is 0.882 bits per heavy atom. The molecule has 86 valence electrons. The second-order valence-corrected chi connectivity index (χ2v) is 4.20. The van der Waals surface area contributed by atoms with Crippen molar-refractivity contribution in [2.75, 3.05) is 0 Å². The molecule has 1 nitrogen and oxygen atoms in total. The largest absolute Gasteiger partial charge is 0.303 e. The first-order valence-corrected chi connectivity index (χ1v) is 5.92. The van der Waals surface area contributed by atoms with E-state index >= 15 is 0 Å². The maximum atomic E-state index is 10.8. The zero-order valence-corrected chi connectivity index (χ0v) is 9.75. The number of hydrogen-bond acceptors (Lipinski definition) is 1. The minimum Gasteiger partial charge on any atom is -0.303 e. The summed E-state index contributed by atoms with van der Waals surface area (Å²) in [6.07, 6.45) is 2.52. The SMILES string of the molecule is O=CC[C@H](Cc1ccccc1)c1ccccc1. The van der Waals surface area contributed by atoms with Crippen LogP contribution in [-0.2, 0) is 11.2 Å². The van der Waals surface area contributed by atoms with Crippen LogP contribution in [0.4, 0.5) is 0 Å². The first kappa shape index (κ1) is 11.6. The predicted octanol–water partition coefficient (Wildman–Crippen LogP) is 3.60.